The van der Waals surface area contributed by atoms with Gasteiger partial charge in [-0.1, -0.05) is 12.1 Å². The van der Waals surface area contributed by atoms with Gasteiger partial charge in [-0.05, 0) is 36.8 Å². The van der Waals surface area contributed by atoms with Gasteiger partial charge in [0.05, 0.1) is 16.7 Å². The van der Waals surface area contributed by atoms with Crippen LogP contribution < -0.4 is 5.32 Å². The van der Waals surface area contributed by atoms with E-state index < -0.39 is 11.6 Å². The average Bonchev–Trinajstić information content (AvgIpc) is 2.81. The Hall–Kier alpha value is -4.00. The predicted octanol–water partition coefficient (Wildman–Crippen LogP) is 5.17. The Labute approximate surface area is 176 Å². The molecule has 0 aliphatic carbocycles. The van der Waals surface area contributed by atoms with Crippen molar-refractivity contribution in [2.75, 3.05) is 11.9 Å². The second kappa shape index (κ2) is 8.02. The first kappa shape index (κ1) is 19.0. The van der Waals surface area contributed by atoms with E-state index in [-0.39, 0.29) is 12.0 Å². The first-order valence-electron chi connectivity index (χ1n) is 9.82. The number of fused-ring (bicyclic) bond motifs is 2. The highest BCUT2D eigenvalue weighted by Crippen LogP contribution is 2.24. The number of hydrogen-bond acceptors (Lipinski definition) is 5. The molecule has 0 spiro atoms. The highest BCUT2D eigenvalue weighted by molar-refractivity contribution is 5.84. The van der Waals surface area contributed by atoms with E-state index in [9.17, 15) is 8.78 Å². The van der Waals surface area contributed by atoms with E-state index >= 15 is 0 Å². The maximum atomic E-state index is 14.7. The topological polar surface area (TPSA) is 63.6 Å². The van der Waals surface area contributed by atoms with Gasteiger partial charge in [-0.25, -0.2) is 18.7 Å². The fourth-order valence-corrected chi connectivity index (χ4v) is 3.58. The highest BCUT2D eigenvalue weighted by Gasteiger charge is 2.14. The van der Waals surface area contributed by atoms with Crippen molar-refractivity contribution in [3.05, 3.63) is 90.5 Å². The third kappa shape index (κ3) is 3.77. The summed E-state index contributed by atoms with van der Waals surface area (Å²) in [6, 6.07) is 16.1. The Morgan fingerprint density at radius 3 is 2.55 bits per heavy atom. The van der Waals surface area contributed by atoms with E-state index in [0.717, 1.165) is 22.2 Å². The number of pyridine rings is 2. The van der Waals surface area contributed by atoms with Crippen LogP contribution in [-0.4, -0.2) is 26.5 Å². The van der Waals surface area contributed by atoms with Crippen LogP contribution in [0.25, 0.3) is 33.1 Å². The molecule has 0 saturated heterocycles. The van der Waals surface area contributed by atoms with E-state index in [0.29, 0.717) is 23.3 Å². The molecule has 3 heterocycles. The highest BCUT2D eigenvalue weighted by atomic mass is 19.1. The van der Waals surface area contributed by atoms with E-state index in [1.54, 1.807) is 18.3 Å². The SMILES string of the molecule is Fc1cc2ncccc2c(F)c1CCNc1cc(-c2ccc3ncccc3c2)ncn1. The smallest absolute Gasteiger partial charge is 0.138 e. The molecule has 5 aromatic rings. The van der Waals surface area contributed by atoms with E-state index in [1.165, 1.54) is 18.6 Å². The van der Waals surface area contributed by atoms with Crippen LogP contribution in [0.1, 0.15) is 5.56 Å². The standard InChI is InChI=1S/C24H17F2N5/c25-19-12-22-18(4-2-9-28-22)24(26)17(19)7-10-29-23-13-21(30-14-31-23)16-5-6-20-15(11-16)3-1-8-27-20/h1-6,8-9,11-14H,7,10H2,(H,29,30,31). The number of nitrogens with zero attached hydrogens (tertiary/aromatic N) is 4. The van der Waals surface area contributed by atoms with Crippen molar-refractivity contribution in [2.24, 2.45) is 0 Å². The number of nitrogens with one attached hydrogen (secondary N) is 1. The molecule has 31 heavy (non-hydrogen) atoms. The lowest BCUT2D eigenvalue weighted by atomic mass is 10.1. The Morgan fingerprint density at radius 1 is 0.806 bits per heavy atom. The molecule has 0 aliphatic heterocycles. The third-order valence-corrected chi connectivity index (χ3v) is 5.14. The molecule has 0 fully saturated rings. The number of rotatable bonds is 5. The fourth-order valence-electron chi connectivity index (χ4n) is 3.58. The number of anilines is 1. The van der Waals surface area contributed by atoms with Gasteiger partial charge < -0.3 is 5.32 Å². The van der Waals surface area contributed by atoms with E-state index in [1.807, 2.05) is 36.4 Å². The molecule has 0 radical (unpaired) electrons. The minimum atomic E-state index is -0.598. The Balaban J connectivity index is 1.34. The number of aromatic nitrogens is 4. The van der Waals surface area contributed by atoms with E-state index in [2.05, 4.69) is 25.3 Å². The molecule has 1 N–H and O–H groups in total. The zero-order chi connectivity index (χ0) is 21.2. The lowest BCUT2D eigenvalue weighted by molar-refractivity contribution is 0.565. The Kier molecular flexibility index (Phi) is 4.92. The summed E-state index contributed by atoms with van der Waals surface area (Å²) in [7, 11) is 0. The number of benzene rings is 2. The molecule has 0 aliphatic rings. The molecule has 0 atom stereocenters. The second-order valence-corrected chi connectivity index (χ2v) is 7.10. The maximum Gasteiger partial charge on any atom is 0.138 e. The summed E-state index contributed by atoms with van der Waals surface area (Å²) in [5, 5.41) is 4.46. The molecule has 0 bridgehead atoms. The third-order valence-electron chi connectivity index (χ3n) is 5.14. The minimum absolute atomic E-state index is 0.0318. The van der Waals surface area contributed by atoms with Crippen molar-refractivity contribution in [3.8, 4) is 11.3 Å². The summed E-state index contributed by atoms with van der Waals surface area (Å²) < 4.78 is 29.1. The first-order chi connectivity index (χ1) is 15.2. The van der Waals surface area contributed by atoms with Gasteiger partial charge in [0, 0.05) is 53.0 Å². The van der Waals surface area contributed by atoms with Gasteiger partial charge in [0.25, 0.3) is 0 Å². The van der Waals surface area contributed by atoms with Crippen LogP contribution in [0.4, 0.5) is 14.6 Å². The minimum Gasteiger partial charge on any atom is -0.370 e. The maximum absolute atomic E-state index is 14.7. The molecule has 7 heteroatoms. The molecule has 0 unspecified atom stereocenters. The zero-order valence-electron chi connectivity index (χ0n) is 16.4. The van der Waals surface area contributed by atoms with Crippen LogP contribution in [0.5, 0.6) is 0 Å². The summed E-state index contributed by atoms with van der Waals surface area (Å²) in [5.74, 6) is -0.587. The number of halogens is 2. The lowest BCUT2D eigenvalue weighted by Gasteiger charge is -2.10. The van der Waals surface area contributed by atoms with Crippen molar-refractivity contribution >= 4 is 27.6 Å². The lowest BCUT2D eigenvalue weighted by Crippen LogP contribution is -2.09. The van der Waals surface area contributed by atoms with Gasteiger partial charge in [-0.3, -0.25) is 9.97 Å². The van der Waals surface area contributed by atoms with Gasteiger partial charge in [-0.2, -0.15) is 0 Å². The monoisotopic (exact) mass is 413 g/mol. The largest absolute Gasteiger partial charge is 0.370 e. The summed E-state index contributed by atoms with van der Waals surface area (Å²) in [6.45, 7) is 0.317. The Bertz CT molecular complexity index is 1400. The van der Waals surface area contributed by atoms with Crippen molar-refractivity contribution in [1.82, 2.24) is 19.9 Å². The van der Waals surface area contributed by atoms with Crippen LogP contribution in [0.15, 0.2) is 73.3 Å². The fraction of sp³-hybridized carbons (Fsp3) is 0.0833. The van der Waals surface area contributed by atoms with Crippen molar-refractivity contribution in [3.63, 3.8) is 0 Å². The van der Waals surface area contributed by atoms with Gasteiger partial charge in [0.1, 0.15) is 23.8 Å². The summed E-state index contributed by atoms with van der Waals surface area (Å²) in [4.78, 5) is 16.9. The van der Waals surface area contributed by atoms with Gasteiger partial charge in [0.15, 0.2) is 0 Å². The van der Waals surface area contributed by atoms with Gasteiger partial charge in [-0.15, -0.1) is 0 Å². The summed E-state index contributed by atoms with van der Waals surface area (Å²) in [5.41, 5.74) is 2.93. The van der Waals surface area contributed by atoms with E-state index in [4.69, 9.17) is 0 Å². The second-order valence-electron chi connectivity index (χ2n) is 7.10. The molecule has 2 aromatic carbocycles. The normalized spacial score (nSPS) is 11.2. The quantitative estimate of drug-likeness (QED) is 0.431. The van der Waals surface area contributed by atoms with Gasteiger partial charge in [0.2, 0.25) is 0 Å². The van der Waals surface area contributed by atoms with Crippen molar-refractivity contribution < 1.29 is 8.78 Å². The molecule has 0 saturated carbocycles. The van der Waals surface area contributed by atoms with Crippen LogP contribution >= 0.6 is 0 Å². The molecular formula is C24H17F2N5. The summed E-state index contributed by atoms with van der Waals surface area (Å²) >= 11 is 0. The molecule has 5 nitrogen and oxygen atoms in total. The summed E-state index contributed by atoms with van der Waals surface area (Å²) in [6.07, 6.45) is 4.91. The van der Waals surface area contributed by atoms with Crippen LogP contribution in [-0.2, 0) is 6.42 Å². The van der Waals surface area contributed by atoms with Crippen molar-refractivity contribution in [1.29, 1.82) is 0 Å². The molecule has 152 valence electrons. The predicted molar refractivity (Wildman–Crippen MR) is 117 cm³/mol. The molecule has 5 rings (SSSR count). The van der Waals surface area contributed by atoms with Crippen molar-refractivity contribution in [2.45, 2.75) is 6.42 Å². The zero-order valence-corrected chi connectivity index (χ0v) is 16.4. The molecule has 3 aromatic heterocycles. The van der Waals surface area contributed by atoms with Crippen LogP contribution in [0.3, 0.4) is 0 Å². The van der Waals surface area contributed by atoms with Crippen LogP contribution in [0.2, 0.25) is 0 Å². The van der Waals surface area contributed by atoms with Crippen LogP contribution in [0, 0.1) is 11.6 Å². The average molecular weight is 413 g/mol. The first-order valence-corrected chi connectivity index (χ1v) is 9.82. The molecular weight excluding hydrogens is 396 g/mol. The number of hydrogen-bond donors (Lipinski definition) is 1. The van der Waals surface area contributed by atoms with Gasteiger partial charge >= 0.3 is 0 Å². The molecule has 0 amide bonds. The Morgan fingerprint density at radius 2 is 1.65 bits per heavy atom.